The van der Waals surface area contributed by atoms with Crippen LogP contribution in [0.4, 0.5) is 10.2 Å². The van der Waals surface area contributed by atoms with Gasteiger partial charge in [-0.15, -0.1) is 0 Å². The highest BCUT2D eigenvalue weighted by atomic mass is 35.5. The molecule has 1 aliphatic rings. The number of aliphatic hydroxyl groups excluding tert-OH is 1. The zero-order chi connectivity index (χ0) is 21.2. The third-order valence-corrected chi connectivity index (χ3v) is 6.14. The van der Waals surface area contributed by atoms with Crippen molar-refractivity contribution in [3.8, 4) is 0 Å². The summed E-state index contributed by atoms with van der Waals surface area (Å²) in [5, 5.41) is 10.1. The molecule has 14 heteroatoms. The van der Waals surface area contributed by atoms with E-state index in [9.17, 15) is 14.1 Å². The number of hydrogen-bond donors (Lipinski definition) is 2. The Morgan fingerprint density at radius 3 is 2.72 bits per heavy atom. The van der Waals surface area contributed by atoms with Crippen molar-refractivity contribution in [2.24, 2.45) is 0 Å². The van der Waals surface area contributed by atoms with Gasteiger partial charge in [0.05, 0.1) is 26.1 Å². The van der Waals surface area contributed by atoms with Crippen LogP contribution >= 0.6 is 19.2 Å². The van der Waals surface area contributed by atoms with Crippen molar-refractivity contribution in [2.45, 2.75) is 38.5 Å². The standard InChI is InChI=1S/C15H22ClFN5O6P/c1-3-26-29(24,27-4-2)7-25-5-8-11(23)9(17)14(28-8)22-6-19-10-12(18)20-15(16)21-13(10)22/h6,8-9,11,14,23H,3-5,7H2,1-2H3,(H2,18,20,21)/t8-,9+,11-,14-/m1/s1. The van der Waals surface area contributed by atoms with Gasteiger partial charge in [0.15, 0.2) is 23.9 Å². The van der Waals surface area contributed by atoms with E-state index in [-0.39, 0.29) is 48.4 Å². The second kappa shape index (κ2) is 9.17. The molecule has 0 bridgehead atoms. The molecule has 2 aromatic heterocycles. The summed E-state index contributed by atoms with van der Waals surface area (Å²) in [4.78, 5) is 11.8. The first-order valence-corrected chi connectivity index (χ1v) is 11.0. The maximum Gasteiger partial charge on any atom is 0.356 e. The van der Waals surface area contributed by atoms with Crippen molar-refractivity contribution in [2.75, 3.05) is 31.9 Å². The molecule has 0 unspecified atom stereocenters. The number of ether oxygens (including phenoxy) is 2. The largest absolute Gasteiger partial charge is 0.387 e. The highest BCUT2D eigenvalue weighted by Gasteiger charge is 2.46. The number of rotatable bonds is 9. The van der Waals surface area contributed by atoms with Crippen LogP contribution in [0.3, 0.4) is 0 Å². The Bertz CT molecular complexity index is 893. The number of imidazole rings is 1. The van der Waals surface area contributed by atoms with E-state index in [4.69, 9.17) is 35.9 Å². The Morgan fingerprint density at radius 2 is 2.07 bits per heavy atom. The van der Waals surface area contributed by atoms with Gasteiger partial charge in [-0.2, -0.15) is 9.97 Å². The summed E-state index contributed by atoms with van der Waals surface area (Å²) in [5.41, 5.74) is 6.15. The van der Waals surface area contributed by atoms with Crippen molar-refractivity contribution in [3.05, 3.63) is 11.6 Å². The lowest BCUT2D eigenvalue weighted by Crippen LogP contribution is -2.31. The number of hydrogen-bond acceptors (Lipinski definition) is 10. The summed E-state index contributed by atoms with van der Waals surface area (Å²) in [6.45, 7) is 3.47. The van der Waals surface area contributed by atoms with Gasteiger partial charge in [0, 0.05) is 0 Å². The Hall–Kier alpha value is -1.40. The van der Waals surface area contributed by atoms with Gasteiger partial charge in [0.1, 0.15) is 24.1 Å². The Kier molecular flexibility index (Phi) is 7.05. The quantitative estimate of drug-likeness (QED) is 0.426. The lowest BCUT2D eigenvalue weighted by Gasteiger charge is -2.19. The number of aromatic nitrogens is 4. The Morgan fingerprint density at radius 1 is 1.38 bits per heavy atom. The van der Waals surface area contributed by atoms with E-state index < -0.39 is 32.2 Å². The molecule has 162 valence electrons. The number of nitrogen functional groups attached to an aromatic ring is 1. The zero-order valence-corrected chi connectivity index (χ0v) is 17.4. The number of nitrogens with two attached hydrogens (primary N) is 1. The van der Waals surface area contributed by atoms with Gasteiger partial charge in [0.2, 0.25) is 5.28 Å². The molecule has 1 fully saturated rings. The summed E-state index contributed by atoms with van der Waals surface area (Å²) in [6, 6.07) is 0. The average Bonchev–Trinajstić information content (AvgIpc) is 3.18. The zero-order valence-electron chi connectivity index (χ0n) is 15.8. The highest BCUT2D eigenvalue weighted by Crippen LogP contribution is 2.48. The minimum Gasteiger partial charge on any atom is -0.387 e. The summed E-state index contributed by atoms with van der Waals surface area (Å²) in [5.74, 6) is 0.0372. The molecule has 3 heterocycles. The van der Waals surface area contributed by atoms with Gasteiger partial charge >= 0.3 is 7.60 Å². The van der Waals surface area contributed by atoms with Gasteiger partial charge in [0.25, 0.3) is 0 Å². The number of nitrogens with zero attached hydrogens (tertiary/aromatic N) is 4. The van der Waals surface area contributed by atoms with Gasteiger partial charge in [-0.05, 0) is 25.4 Å². The lowest BCUT2D eigenvalue weighted by atomic mass is 10.1. The van der Waals surface area contributed by atoms with E-state index in [0.29, 0.717) is 0 Å². The van der Waals surface area contributed by atoms with E-state index in [1.165, 1.54) is 10.9 Å². The molecule has 0 spiro atoms. The molecule has 3 rings (SSSR count). The number of anilines is 1. The van der Waals surface area contributed by atoms with Gasteiger partial charge in [-0.1, -0.05) is 0 Å². The molecular formula is C15H22ClFN5O6P. The van der Waals surface area contributed by atoms with Gasteiger partial charge in [-0.3, -0.25) is 9.13 Å². The SMILES string of the molecule is CCOP(=O)(COC[C@H]1O[C@@H](n2cnc3c(N)nc(Cl)nc32)[C@@H](F)[C@@H]1O)OCC. The molecule has 1 aliphatic heterocycles. The molecule has 3 N–H and O–H groups in total. The molecule has 0 amide bonds. The van der Waals surface area contributed by atoms with Crippen LogP contribution in [-0.2, 0) is 23.1 Å². The monoisotopic (exact) mass is 453 g/mol. The first-order valence-electron chi connectivity index (χ1n) is 8.88. The second-order valence-electron chi connectivity index (χ2n) is 6.15. The minimum atomic E-state index is -3.43. The molecule has 0 aromatic carbocycles. The third-order valence-electron chi connectivity index (χ3n) is 4.17. The van der Waals surface area contributed by atoms with Crippen LogP contribution in [0.1, 0.15) is 20.1 Å². The van der Waals surface area contributed by atoms with Crippen LogP contribution < -0.4 is 5.73 Å². The minimum absolute atomic E-state index is 0.0372. The molecule has 11 nitrogen and oxygen atoms in total. The van der Waals surface area contributed by atoms with Crippen LogP contribution in [0.5, 0.6) is 0 Å². The van der Waals surface area contributed by atoms with Crippen molar-refractivity contribution in [1.29, 1.82) is 0 Å². The topological polar surface area (TPSA) is 144 Å². The van der Waals surface area contributed by atoms with Crippen molar-refractivity contribution in [3.63, 3.8) is 0 Å². The molecule has 1 saturated heterocycles. The van der Waals surface area contributed by atoms with Crippen LogP contribution in [-0.4, -0.2) is 69.2 Å². The lowest BCUT2D eigenvalue weighted by molar-refractivity contribution is -0.0587. The number of aliphatic hydroxyl groups is 1. The average molecular weight is 454 g/mol. The van der Waals surface area contributed by atoms with E-state index in [2.05, 4.69) is 15.0 Å². The molecular weight excluding hydrogens is 432 g/mol. The van der Waals surface area contributed by atoms with Crippen molar-refractivity contribution >= 4 is 36.2 Å². The normalized spacial score (nSPS) is 25.1. The van der Waals surface area contributed by atoms with E-state index in [0.717, 1.165) is 0 Å². The smallest absolute Gasteiger partial charge is 0.356 e. The predicted molar refractivity (Wildman–Crippen MR) is 101 cm³/mol. The number of halogens is 2. The maximum atomic E-state index is 14.7. The number of fused-ring (bicyclic) bond motifs is 1. The molecule has 4 atom stereocenters. The summed E-state index contributed by atoms with van der Waals surface area (Å²) >= 11 is 5.82. The van der Waals surface area contributed by atoms with E-state index in [1.54, 1.807) is 13.8 Å². The van der Waals surface area contributed by atoms with Crippen molar-refractivity contribution in [1.82, 2.24) is 19.5 Å². The maximum absolute atomic E-state index is 14.7. The van der Waals surface area contributed by atoms with Gasteiger partial charge < -0.3 is 29.4 Å². The fourth-order valence-corrected chi connectivity index (χ4v) is 4.46. The fraction of sp³-hybridized carbons (Fsp3) is 0.667. The number of alkyl halides is 1. The summed E-state index contributed by atoms with van der Waals surface area (Å²) in [7, 11) is -3.43. The van der Waals surface area contributed by atoms with E-state index >= 15 is 0 Å². The Balaban J connectivity index is 1.70. The second-order valence-corrected chi connectivity index (χ2v) is 8.48. The molecule has 0 saturated carbocycles. The molecule has 0 aliphatic carbocycles. The van der Waals surface area contributed by atoms with Crippen molar-refractivity contribution < 1.29 is 32.6 Å². The van der Waals surface area contributed by atoms with Gasteiger partial charge in [-0.25, -0.2) is 9.37 Å². The van der Waals surface area contributed by atoms with Crippen LogP contribution in [0.2, 0.25) is 5.28 Å². The first kappa shape index (κ1) is 22.3. The Labute approximate surface area is 170 Å². The third kappa shape index (κ3) is 4.69. The summed E-state index contributed by atoms with van der Waals surface area (Å²) < 4.78 is 49.6. The van der Waals surface area contributed by atoms with Crippen LogP contribution in [0.25, 0.3) is 11.2 Å². The molecule has 29 heavy (non-hydrogen) atoms. The van der Waals surface area contributed by atoms with E-state index in [1.807, 2.05) is 0 Å². The van der Waals surface area contributed by atoms with Crippen LogP contribution in [0.15, 0.2) is 6.33 Å². The first-order chi connectivity index (χ1) is 13.8. The molecule has 2 aromatic rings. The molecule has 0 radical (unpaired) electrons. The predicted octanol–water partition coefficient (Wildman–Crippen LogP) is 1.90. The van der Waals surface area contributed by atoms with Crippen LogP contribution in [0, 0.1) is 0 Å². The fourth-order valence-electron chi connectivity index (χ4n) is 2.95. The summed E-state index contributed by atoms with van der Waals surface area (Å²) in [6.07, 6.45) is -4.64. The highest BCUT2D eigenvalue weighted by molar-refractivity contribution is 7.53.